The molecule has 0 aliphatic carbocycles. The van der Waals surface area contributed by atoms with Crippen molar-refractivity contribution >= 4 is 33.5 Å². The molecule has 0 spiro atoms. The minimum absolute atomic E-state index is 0.147. The number of nitrogens with zero attached hydrogens (tertiary/aromatic N) is 1. The molecule has 0 saturated carbocycles. The Bertz CT molecular complexity index is 923. The molecule has 6 nitrogen and oxygen atoms in total. The molecular formula is C21H22BrNO5. The van der Waals surface area contributed by atoms with Gasteiger partial charge < -0.3 is 23.8 Å². The second kappa shape index (κ2) is 8.56. The van der Waals surface area contributed by atoms with E-state index in [0.717, 1.165) is 11.4 Å². The van der Waals surface area contributed by atoms with Crippen LogP contribution in [0.4, 0.5) is 5.69 Å². The third-order valence-electron chi connectivity index (χ3n) is 4.23. The minimum atomic E-state index is -0.147. The van der Waals surface area contributed by atoms with Gasteiger partial charge in [0.2, 0.25) is 12.5 Å². The number of methoxy groups -OCH3 is 1. The summed E-state index contributed by atoms with van der Waals surface area (Å²) in [6, 6.07) is 9.01. The van der Waals surface area contributed by atoms with Crippen molar-refractivity contribution in [2.24, 2.45) is 0 Å². The molecule has 148 valence electrons. The first-order valence-electron chi connectivity index (χ1n) is 8.79. The Labute approximate surface area is 172 Å². The lowest BCUT2D eigenvalue weighted by Crippen LogP contribution is -2.12. The van der Waals surface area contributed by atoms with Crippen molar-refractivity contribution < 1.29 is 23.7 Å². The van der Waals surface area contributed by atoms with Gasteiger partial charge in [-0.25, -0.2) is 0 Å². The second-order valence-corrected chi connectivity index (χ2v) is 7.11. The summed E-state index contributed by atoms with van der Waals surface area (Å²) in [5.41, 5.74) is 2.11. The SMILES string of the molecule is CCOc1ccc(C(=O)C(Br)=Cc2ccc3c(c2OC)OCO3)cc1N(C)C. The van der Waals surface area contributed by atoms with E-state index in [1.165, 1.54) is 0 Å². The lowest BCUT2D eigenvalue weighted by molar-refractivity contribution is 0.104. The maximum atomic E-state index is 13.0. The number of fused-ring (bicyclic) bond motifs is 1. The summed E-state index contributed by atoms with van der Waals surface area (Å²) in [5.74, 6) is 2.28. The molecule has 0 saturated heterocycles. The number of allylic oxidation sites excluding steroid dienone is 1. The van der Waals surface area contributed by atoms with Gasteiger partial charge in [0, 0.05) is 25.2 Å². The van der Waals surface area contributed by atoms with E-state index < -0.39 is 0 Å². The first-order chi connectivity index (χ1) is 13.5. The fraction of sp³-hybridized carbons (Fsp3) is 0.286. The number of benzene rings is 2. The summed E-state index contributed by atoms with van der Waals surface area (Å²) in [5, 5.41) is 0. The van der Waals surface area contributed by atoms with Gasteiger partial charge in [-0.3, -0.25) is 4.79 Å². The van der Waals surface area contributed by atoms with Crippen LogP contribution in [0.3, 0.4) is 0 Å². The fourth-order valence-corrected chi connectivity index (χ4v) is 3.39. The average Bonchev–Trinajstić information content (AvgIpc) is 3.16. The van der Waals surface area contributed by atoms with Crippen LogP contribution in [0, 0.1) is 0 Å². The largest absolute Gasteiger partial charge is 0.492 e. The van der Waals surface area contributed by atoms with Gasteiger partial charge in [0.1, 0.15) is 5.75 Å². The van der Waals surface area contributed by atoms with E-state index in [0.29, 0.717) is 39.5 Å². The molecule has 1 aliphatic heterocycles. The van der Waals surface area contributed by atoms with E-state index in [9.17, 15) is 4.79 Å². The number of rotatable bonds is 7. The number of carbonyl (C=O) groups excluding carboxylic acids is 1. The van der Waals surface area contributed by atoms with Crippen molar-refractivity contribution in [1.82, 2.24) is 0 Å². The van der Waals surface area contributed by atoms with Crippen LogP contribution < -0.4 is 23.8 Å². The summed E-state index contributed by atoms with van der Waals surface area (Å²) in [4.78, 5) is 14.9. The van der Waals surface area contributed by atoms with Crippen LogP contribution in [-0.4, -0.2) is 40.4 Å². The molecule has 3 rings (SSSR count). The van der Waals surface area contributed by atoms with E-state index >= 15 is 0 Å². The molecule has 28 heavy (non-hydrogen) atoms. The molecule has 0 aromatic heterocycles. The summed E-state index contributed by atoms with van der Waals surface area (Å²) >= 11 is 3.41. The quantitative estimate of drug-likeness (QED) is 0.459. The molecule has 7 heteroatoms. The van der Waals surface area contributed by atoms with Crippen molar-refractivity contribution in [1.29, 1.82) is 0 Å². The Morgan fingerprint density at radius 1 is 1.25 bits per heavy atom. The summed E-state index contributed by atoms with van der Waals surface area (Å²) in [6.45, 7) is 2.64. The Morgan fingerprint density at radius 2 is 2.04 bits per heavy atom. The molecule has 0 radical (unpaired) electrons. The van der Waals surface area contributed by atoms with Gasteiger partial charge in [-0.15, -0.1) is 0 Å². The van der Waals surface area contributed by atoms with E-state index in [4.69, 9.17) is 18.9 Å². The number of anilines is 1. The highest BCUT2D eigenvalue weighted by Crippen LogP contribution is 2.44. The molecule has 0 amide bonds. The lowest BCUT2D eigenvalue weighted by atomic mass is 10.1. The maximum absolute atomic E-state index is 13.0. The summed E-state index contributed by atoms with van der Waals surface area (Å²) in [7, 11) is 5.38. The molecule has 1 aliphatic rings. The predicted octanol–water partition coefficient (Wildman–Crippen LogP) is 4.51. The van der Waals surface area contributed by atoms with Crippen molar-refractivity contribution in [2.75, 3.05) is 39.5 Å². The number of hydrogen-bond acceptors (Lipinski definition) is 6. The van der Waals surface area contributed by atoms with Crippen LogP contribution in [0.5, 0.6) is 23.0 Å². The fourth-order valence-electron chi connectivity index (χ4n) is 2.91. The summed E-state index contributed by atoms with van der Waals surface area (Å²) in [6.07, 6.45) is 1.72. The number of ether oxygens (including phenoxy) is 4. The molecule has 0 unspecified atom stereocenters. The van der Waals surface area contributed by atoms with Crippen LogP contribution in [-0.2, 0) is 0 Å². The molecule has 1 heterocycles. The van der Waals surface area contributed by atoms with Gasteiger partial charge in [0.05, 0.1) is 23.9 Å². The molecule has 0 bridgehead atoms. The van der Waals surface area contributed by atoms with Crippen LogP contribution in [0.2, 0.25) is 0 Å². The molecule has 2 aromatic carbocycles. The lowest BCUT2D eigenvalue weighted by Gasteiger charge is -2.18. The van der Waals surface area contributed by atoms with Gasteiger partial charge in [0.25, 0.3) is 0 Å². The Balaban J connectivity index is 1.94. The van der Waals surface area contributed by atoms with Crippen molar-refractivity contribution in [3.05, 3.63) is 45.9 Å². The average molecular weight is 448 g/mol. The zero-order chi connectivity index (χ0) is 20.3. The third-order valence-corrected chi connectivity index (χ3v) is 4.82. The van der Waals surface area contributed by atoms with Crippen LogP contribution >= 0.6 is 15.9 Å². The number of halogens is 1. The maximum Gasteiger partial charge on any atom is 0.231 e. The zero-order valence-corrected chi connectivity index (χ0v) is 17.8. The van der Waals surface area contributed by atoms with Crippen molar-refractivity contribution in [3.63, 3.8) is 0 Å². The van der Waals surface area contributed by atoms with E-state index in [1.807, 2.05) is 44.1 Å². The second-order valence-electron chi connectivity index (χ2n) is 6.25. The van der Waals surface area contributed by atoms with Crippen LogP contribution in [0.25, 0.3) is 6.08 Å². The van der Waals surface area contributed by atoms with Gasteiger partial charge in [-0.05, 0) is 59.3 Å². The molecule has 0 atom stereocenters. The van der Waals surface area contributed by atoms with Gasteiger partial charge in [-0.2, -0.15) is 0 Å². The van der Waals surface area contributed by atoms with E-state index in [2.05, 4.69) is 15.9 Å². The highest BCUT2D eigenvalue weighted by Gasteiger charge is 2.22. The molecule has 2 aromatic rings. The van der Waals surface area contributed by atoms with Crippen LogP contribution in [0.1, 0.15) is 22.8 Å². The Hall–Kier alpha value is -2.67. The topological polar surface area (TPSA) is 57.2 Å². The van der Waals surface area contributed by atoms with Gasteiger partial charge in [0.15, 0.2) is 17.3 Å². The molecule has 0 N–H and O–H groups in total. The first-order valence-corrected chi connectivity index (χ1v) is 9.58. The van der Waals surface area contributed by atoms with Crippen molar-refractivity contribution in [2.45, 2.75) is 6.92 Å². The highest BCUT2D eigenvalue weighted by molar-refractivity contribution is 9.12. The standard InChI is InChI=1S/C21H22BrNO5/c1-5-26-17-8-6-13(11-16(17)23(2)3)19(24)15(22)10-14-7-9-18-21(20(14)25-4)28-12-27-18/h6-11H,5,12H2,1-4H3. The van der Waals surface area contributed by atoms with E-state index in [-0.39, 0.29) is 12.6 Å². The number of carbonyl (C=O) groups is 1. The smallest absolute Gasteiger partial charge is 0.231 e. The number of hydrogen-bond donors (Lipinski definition) is 0. The van der Waals surface area contributed by atoms with E-state index in [1.54, 1.807) is 25.3 Å². The zero-order valence-electron chi connectivity index (χ0n) is 16.2. The number of Topliss-reactive ketones (excluding diaryl/α,β-unsaturated/α-hetero) is 1. The highest BCUT2D eigenvalue weighted by atomic mass is 79.9. The first kappa shape index (κ1) is 20.1. The minimum Gasteiger partial charge on any atom is -0.492 e. The van der Waals surface area contributed by atoms with Crippen LogP contribution in [0.15, 0.2) is 34.8 Å². The van der Waals surface area contributed by atoms with Gasteiger partial charge >= 0.3 is 0 Å². The summed E-state index contributed by atoms with van der Waals surface area (Å²) < 4.78 is 22.3. The Morgan fingerprint density at radius 3 is 2.71 bits per heavy atom. The number of ketones is 1. The normalized spacial score (nSPS) is 12.7. The molecule has 0 fully saturated rings. The van der Waals surface area contributed by atoms with Gasteiger partial charge in [-0.1, -0.05) is 0 Å². The monoisotopic (exact) mass is 447 g/mol. The molecular weight excluding hydrogens is 426 g/mol. The third kappa shape index (κ3) is 3.94. The predicted molar refractivity (Wildman–Crippen MR) is 112 cm³/mol. The van der Waals surface area contributed by atoms with Crippen molar-refractivity contribution in [3.8, 4) is 23.0 Å². The Kier molecular flexibility index (Phi) is 6.14.